The zero-order valence-corrected chi connectivity index (χ0v) is 26.2. The van der Waals surface area contributed by atoms with Gasteiger partial charge in [0.25, 0.3) is 5.24 Å². The van der Waals surface area contributed by atoms with Gasteiger partial charge in [0.1, 0.15) is 17.2 Å². The van der Waals surface area contributed by atoms with E-state index in [2.05, 4.69) is 15.6 Å². The summed E-state index contributed by atoms with van der Waals surface area (Å²) in [6.07, 6.45) is 5.62. The molecule has 0 spiro atoms. The molecule has 1 aliphatic heterocycles. The van der Waals surface area contributed by atoms with E-state index in [9.17, 15) is 22.8 Å². The molecule has 234 valence electrons. The van der Waals surface area contributed by atoms with E-state index < -0.39 is 21.0 Å². The number of hydrogen-bond acceptors (Lipinski definition) is 9. The van der Waals surface area contributed by atoms with E-state index in [0.717, 1.165) is 43.0 Å². The largest absolute Gasteiger partial charge is 0.477 e. The maximum Gasteiger partial charge on any atom is 0.286 e. The number of fused-ring (bicyclic) bond motifs is 1. The molecule has 2 fully saturated rings. The van der Waals surface area contributed by atoms with Gasteiger partial charge in [0, 0.05) is 24.7 Å². The van der Waals surface area contributed by atoms with Gasteiger partial charge in [-0.25, -0.2) is 13.4 Å². The maximum atomic E-state index is 13.2. The van der Waals surface area contributed by atoms with Gasteiger partial charge in [0.2, 0.25) is 26.8 Å². The number of carbonyl (C=O) groups is 3. The van der Waals surface area contributed by atoms with Gasteiger partial charge in [0.05, 0.1) is 16.3 Å². The zero-order valence-electron chi connectivity index (χ0n) is 24.5. The predicted molar refractivity (Wildman–Crippen MR) is 170 cm³/mol. The number of benzene rings is 3. The number of aryl methyl sites for hydroxylation is 1. The number of carbonyl (C=O) groups excluding carboxylic acids is 3. The standard InChI is InChI=1S/C32H32N4O7S2/c1-36-27-18-25(43-24-13-9-22(10-14-24)33-29(37)21-5-3-2-4-6-21)15-16-26(27)34-31(36)45(40,41)19-42-23-11-7-20(8-12-23)17-28-30(38)35-32(39)44-28/h7-16,18,21,28H,2-6,17,19H2,1H3,(H,33,37)(H,35,38,39). The Morgan fingerprint density at radius 2 is 1.67 bits per heavy atom. The highest BCUT2D eigenvalue weighted by Gasteiger charge is 2.31. The molecule has 1 aliphatic carbocycles. The second-order valence-corrected chi connectivity index (χ2v) is 14.2. The molecule has 3 aromatic carbocycles. The summed E-state index contributed by atoms with van der Waals surface area (Å²) in [5.41, 5.74) is 2.58. The number of imide groups is 1. The molecule has 6 rings (SSSR count). The van der Waals surface area contributed by atoms with Crippen LogP contribution in [0.1, 0.15) is 37.7 Å². The average Bonchev–Trinajstić information content (AvgIpc) is 3.55. The monoisotopic (exact) mass is 648 g/mol. The SMILES string of the molecule is Cn1c(S(=O)(=O)COc2ccc(CC3SC(=O)NC3=O)cc2)nc2ccc(Oc3ccc(NC(=O)C4CCCCC4)cc3)cc21. The van der Waals surface area contributed by atoms with Crippen LogP contribution in [-0.2, 0) is 32.9 Å². The molecule has 1 unspecified atom stereocenters. The number of hydrogen-bond donors (Lipinski definition) is 2. The van der Waals surface area contributed by atoms with Crippen molar-refractivity contribution in [2.24, 2.45) is 13.0 Å². The summed E-state index contributed by atoms with van der Waals surface area (Å²) >= 11 is 0.954. The Bertz CT molecular complexity index is 1850. The van der Waals surface area contributed by atoms with Crippen LogP contribution < -0.4 is 20.1 Å². The van der Waals surface area contributed by atoms with Crippen LogP contribution in [0, 0.1) is 5.92 Å². The minimum Gasteiger partial charge on any atom is -0.477 e. The van der Waals surface area contributed by atoms with Crippen molar-refractivity contribution in [2.45, 2.75) is 48.9 Å². The third-order valence-electron chi connectivity index (χ3n) is 7.92. The van der Waals surface area contributed by atoms with E-state index in [1.807, 2.05) is 0 Å². The fraction of sp³-hybridized carbons (Fsp3) is 0.312. The highest BCUT2D eigenvalue weighted by atomic mass is 32.2. The molecule has 0 radical (unpaired) electrons. The van der Waals surface area contributed by atoms with Gasteiger partial charge < -0.3 is 19.4 Å². The average molecular weight is 649 g/mol. The van der Waals surface area contributed by atoms with Crippen LogP contribution in [0.2, 0.25) is 0 Å². The molecule has 4 aromatic rings. The van der Waals surface area contributed by atoms with Crippen molar-refractivity contribution in [1.29, 1.82) is 0 Å². The number of nitrogens with one attached hydrogen (secondary N) is 2. The molecule has 1 aromatic heterocycles. The van der Waals surface area contributed by atoms with Crippen molar-refractivity contribution in [3.05, 3.63) is 72.3 Å². The lowest BCUT2D eigenvalue weighted by Crippen LogP contribution is -2.25. The first kappa shape index (κ1) is 30.7. The predicted octanol–water partition coefficient (Wildman–Crippen LogP) is 5.59. The van der Waals surface area contributed by atoms with Crippen molar-refractivity contribution in [3.63, 3.8) is 0 Å². The number of thioether (sulfide) groups is 1. The van der Waals surface area contributed by atoms with Crippen LogP contribution >= 0.6 is 11.8 Å². The van der Waals surface area contributed by atoms with Crippen LogP contribution in [0.25, 0.3) is 11.0 Å². The number of amides is 3. The van der Waals surface area contributed by atoms with Crippen molar-refractivity contribution < 1.29 is 32.3 Å². The molecule has 1 saturated heterocycles. The lowest BCUT2D eigenvalue weighted by molar-refractivity contribution is -0.121. The van der Waals surface area contributed by atoms with E-state index >= 15 is 0 Å². The van der Waals surface area contributed by atoms with Gasteiger partial charge in [-0.3, -0.25) is 19.7 Å². The highest BCUT2D eigenvalue weighted by Crippen LogP contribution is 2.30. The zero-order chi connectivity index (χ0) is 31.6. The van der Waals surface area contributed by atoms with Gasteiger partial charge in [-0.05, 0) is 73.4 Å². The van der Waals surface area contributed by atoms with Crippen LogP contribution in [-0.4, -0.2) is 46.2 Å². The molecule has 2 N–H and O–H groups in total. The molecule has 3 amide bonds. The highest BCUT2D eigenvalue weighted by molar-refractivity contribution is 8.15. The van der Waals surface area contributed by atoms with E-state index in [0.29, 0.717) is 40.4 Å². The molecule has 2 heterocycles. The summed E-state index contributed by atoms with van der Waals surface area (Å²) in [6, 6.07) is 19.0. The van der Waals surface area contributed by atoms with Crippen molar-refractivity contribution >= 4 is 55.4 Å². The van der Waals surface area contributed by atoms with E-state index in [1.54, 1.807) is 73.8 Å². The molecule has 13 heteroatoms. The number of sulfone groups is 1. The van der Waals surface area contributed by atoms with E-state index in [-0.39, 0.29) is 28.1 Å². The van der Waals surface area contributed by atoms with Gasteiger partial charge in [0.15, 0.2) is 5.94 Å². The fourth-order valence-corrected chi connectivity index (χ4v) is 7.51. The molecule has 2 aliphatic rings. The first-order valence-electron chi connectivity index (χ1n) is 14.7. The topological polar surface area (TPSA) is 146 Å². The van der Waals surface area contributed by atoms with Crippen LogP contribution in [0.4, 0.5) is 10.5 Å². The number of anilines is 1. The Morgan fingerprint density at radius 1 is 0.978 bits per heavy atom. The van der Waals surface area contributed by atoms with Crippen molar-refractivity contribution in [3.8, 4) is 17.2 Å². The Balaban J connectivity index is 1.07. The molecule has 11 nitrogen and oxygen atoms in total. The van der Waals surface area contributed by atoms with Crippen LogP contribution in [0.5, 0.6) is 17.2 Å². The summed E-state index contributed by atoms with van der Waals surface area (Å²) in [5, 5.41) is 4.27. The second-order valence-electron chi connectivity index (χ2n) is 11.2. The summed E-state index contributed by atoms with van der Waals surface area (Å²) in [6.45, 7) is 0. The van der Waals surface area contributed by atoms with Crippen molar-refractivity contribution in [2.75, 3.05) is 11.3 Å². The number of ether oxygens (including phenoxy) is 2. The Labute approximate surface area is 264 Å². The normalized spacial score (nSPS) is 17.3. The van der Waals surface area contributed by atoms with Gasteiger partial charge in [-0.15, -0.1) is 0 Å². The summed E-state index contributed by atoms with van der Waals surface area (Å²) in [5.74, 6) is 0.606. The third-order valence-corrected chi connectivity index (χ3v) is 10.2. The first-order valence-corrected chi connectivity index (χ1v) is 17.2. The number of rotatable bonds is 10. The molecule has 45 heavy (non-hydrogen) atoms. The number of nitrogens with zero attached hydrogens (tertiary/aromatic N) is 2. The fourth-order valence-electron chi connectivity index (χ4n) is 5.50. The van der Waals surface area contributed by atoms with E-state index in [1.165, 1.54) is 11.0 Å². The minimum atomic E-state index is -3.93. The Kier molecular flexibility index (Phi) is 8.81. The van der Waals surface area contributed by atoms with E-state index in [4.69, 9.17) is 9.47 Å². The Hall–Kier alpha value is -4.36. The van der Waals surface area contributed by atoms with Gasteiger partial charge >= 0.3 is 0 Å². The van der Waals surface area contributed by atoms with Gasteiger partial charge in [-0.2, -0.15) is 0 Å². The Morgan fingerprint density at radius 3 is 2.36 bits per heavy atom. The number of aromatic nitrogens is 2. The smallest absolute Gasteiger partial charge is 0.286 e. The lowest BCUT2D eigenvalue weighted by atomic mass is 9.88. The maximum absolute atomic E-state index is 13.2. The van der Waals surface area contributed by atoms with Crippen LogP contribution in [0.3, 0.4) is 0 Å². The number of imidazole rings is 1. The molecule has 1 saturated carbocycles. The molecular weight excluding hydrogens is 617 g/mol. The molecule has 1 atom stereocenters. The first-order chi connectivity index (χ1) is 21.6. The van der Waals surface area contributed by atoms with Crippen LogP contribution in [0.15, 0.2) is 71.9 Å². The third kappa shape index (κ3) is 7.15. The molecule has 0 bridgehead atoms. The quantitative estimate of drug-likeness (QED) is 0.225. The van der Waals surface area contributed by atoms with Gasteiger partial charge in [-0.1, -0.05) is 43.2 Å². The van der Waals surface area contributed by atoms with Crippen molar-refractivity contribution in [1.82, 2.24) is 14.9 Å². The summed E-state index contributed by atoms with van der Waals surface area (Å²) < 4.78 is 39.5. The minimum absolute atomic E-state index is 0.0595. The summed E-state index contributed by atoms with van der Waals surface area (Å²) in [7, 11) is -2.31. The second kappa shape index (κ2) is 12.9. The molecular formula is C32H32N4O7S2. The summed E-state index contributed by atoms with van der Waals surface area (Å²) in [4.78, 5) is 40.1. The lowest BCUT2D eigenvalue weighted by Gasteiger charge is -2.20.